The SMILES string of the molecule is CCCN1CCC2(CC1)Oc1ccccc1[C@@H]1C=C(c3ccccc3F)NN12. The van der Waals surface area contributed by atoms with Crippen LogP contribution in [-0.2, 0) is 0 Å². The molecule has 0 aromatic heterocycles. The van der Waals surface area contributed by atoms with Gasteiger partial charge in [0.15, 0.2) is 5.72 Å². The van der Waals surface area contributed by atoms with Crippen molar-refractivity contribution in [1.29, 1.82) is 0 Å². The van der Waals surface area contributed by atoms with Crippen LogP contribution in [0.1, 0.15) is 43.4 Å². The molecule has 0 aliphatic carbocycles. The minimum atomic E-state index is -0.410. The molecule has 5 heteroatoms. The topological polar surface area (TPSA) is 27.7 Å². The van der Waals surface area contributed by atoms with Crippen LogP contribution in [0.4, 0.5) is 4.39 Å². The fourth-order valence-corrected chi connectivity index (χ4v) is 4.74. The Morgan fingerprint density at radius 1 is 1.11 bits per heavy atom. The molecular formula is C23H26FN3O. The summed E-state index contributed by atoms with van der Waals surface area (Å²) in [4.78, 5) is 2.51. The molecule has 4 nitrogen and oxygen atoms in total. The highest BCUT2D eigenvalue weighted by atomic mass is 19.1. The normalized spacial score (nSPS) is 23.5. The zero-order valence-electron chi connectivity index (χ0n) is 16.2. The van der Waals surface area contributed by atoms with E-state index in [0.717, 1.165) is 49.5 Å². The van der Waals surface area contributed by atoms with E-state index in [-0.39, 0.29) is 11.9 Å². The summed E-state index contributed by atoms with van der Waals surface area (Å²) in [6, 6.07) is 15.2. The van der Waals surface area contributed by atoms with Crippen molar-refractivity contribution in [2.45, 2.75) is 38.0 Å². The second-order valence-corrected chi connectivity index (χ2v) is 7.91. The van der Waals surface area contributed by atoms with E-state index in [1.165, 1.54) is 12.5 Å². The molecular weight excluding hydrogens is 353 g/mol. The molecule has 3 heterocycles. The largest absolute Gasteiger partial charge is 0.470 e. The van der Waals surface area contributed by atoms with E-state index < -0.39 is 5.72 Å². The summed E-state index contributed by atoms with van der Waals surface area (Å²) < 4.78 is 21.1. The Kier molecular flexibility index (Phi) is 4.37. The van der Waals surface area contributed by atoms with E-state index in [1.54, 1.807) is 6.07 Å². The number of fused-ring (bicyclic) bond motifs is 4. The summed E-state index contributed by atoms with van der Waals surface area (Å²) in [5.41, 5.74) is 5.65. The van der Waals surface area contributed by atoms with Gasteiger partial charge in [-0.25, -0.2) is 4.39 Å². The van der Waals surface area contributed by atoms with Crippen molar-refractivity contribution in [3.05, 3.63) is 71.6 Å². The molecule has 0 radical (unpaired) electrons. The molecule has 0 saturated carbocycles. The van der Waals surface area contributed by atoms with Crippen LogP contribution in [-0.4, -0.2) is 35.3 Å². The number of halogens is 1. The van der Waals surface area contributed by atoms with Gasteiger partial charge in [0.05, 0.1) is 11.7 Å². The molecule has 1 fully saturated rings. The summed E-state index contributed by atoms with van der Waals surface area (Å²) in [6.07, 6.45) is 5.15. The van der Waals surface area contributed by atoms with Gasteiger partial charge in [0.2, 0.25) is 0 Å². The van der Waals surface area contributed by atoms with E-state index >= 15 is 0 Å². The van der Waals surface area contributed by atoms with Crippen LogP contribution >= 0.6 is 0 Å². The number of hydrazine groups is 1. The molecule has 3 aliphatic rings. The summed E-state index contributed by atoms with van der Waals surface area (Å²) in [5, 5.41) is 2.22. The molecule has 2 aromatic rings. The first kappa shape index (κ1) is 17.7. The average Bonchev–Trinajstić information content (AvgIpc) is 3.17. The molecule has 1 N–H and O–H groups in total. The van der Waals surface area contributed by atoms with Gasteiger partial charge >= 0.3 is 0 Å². The summed E-state index contributed by atoms with van der Waals surface area (Å²) in [5.74, 6) is 0.739. The van der Waals surface area contributed by atoms with Gasteiger partial charge in [0.1, 0.15) is 11.6 Å². The molecule has 5 rings (SSSR count). The number of benzene rings is 2. The molecule has 2 aromatic carbocycles. The number of hydrogen-bond acceptors (Lipinski definition) is 4. The Morgan fingerprint density at radius 3 is 2.64 bits per heavy atom. The average molecular weight is 379 g/mol. The fraction of sp³-hybridized carbons (Fsp3) is 0.391. The highest BCUT2D eigenvalue weighted by Gasteiger charge is 2.51. The second kappa shape index (κ2) is 6.90. The number of piperidine rings is 1. The van der Waals surface area contributed by atoms with Crippen molar-refractivity contribution in [3.8, 4) is 5.75 Å². The summed E-state index contributed by atoms with van der Waals surface area (Å²) >= 11 is 0. The number of rotatable bonds is 3. The lowest BCUT2D eigenvalue weighted by molar-refractivity contribution is -0.159. The maximum Gasteiger partial charge on any atom is 0.182 e. The fourth-order valence-electron chi connectivity index (χ4n) is 4.74. The number of ether oxygens (including phenoxy) is 1. The van der Waals surface area contributed by atoms with Crippen LogP contribution in [0.25, 0.3) is 5.70 Å². The summed E-state index contributed by atoms with van der Waals surface area (Å²) in [6.45, 7) is 5.37. The van der Waals surface area contributed by atoms with Gasteiger partial charge in [-0.15, -0.1) is 0 Å². The first-order valence-electron chi connectivity index (χ1n) is 10.2. The van der Waals surface area contributed by atoms with Crippen LogP contribution in [0.3, 0.4) is 0 Å². The lowest BCUT2D eigenvalue weighted by atomic mass is 9.92. The predicted molar refractivity (Wildman–Crippen MR) is 108 cm³/mol. The molecule has 146 valence electrons. The third-order valence-electron chi connectivity index (χ3n) is 6.16. The maximum absolute atomic E-state index is 14.4. The molecule has 0 amide bonds. The number of para-hydroxylation sites is 1. The lowest BCUT2D eigenvalue weighted by Crippen LogP contribution is -2.63. The van der Waals surface area contributed by atoms with Gasteiger partial charge in [-0.2, -0.15) is 5.01 Å². The first-order chi connectivity index (χ1) is 13.7. The van der Waals surface area contributed by atoms with Crippen LogP contribution in [0.15, 0.2) is 54.6 Å². The van der Waals surface area contributed by atoms with Crippen molar-refractivity contribution in [3.63, 3.8) is 0 Å². The Hall–Kier alpha value is -2.37. The van der Waals surface area contributed by atoms with Gasteiger partial charge in [-0.3, -0.25) is 0 Å². The second-order valence-electron chi connectivity index (χ2n) is 7.91. The summed E-state index contributed by atoms with van der Waals surface area (Å²) in [7, 11) is 0. The molecule has 1 spiro atoms. The molecule has 0 bridgehead atoms. The van der Waals surface area contributed by atoms with Crippen LogP contribution in [0, 0.1) is 5.82 Å². The van der Waals surface area contributed by atoms with Gasteiger partial charge in [-0.05, 0) is 37.2 Å². The Balaban J connectivity index is 1.52. The van der Waals surface area contributed by atoms with Crippen molar-refractivity contribution in [2.75, 3.05) is 19.6 Å². The van der Waals surface area contributed by atoms with Crippen molar-refractivity contribution in [2.24, 2.45) is 0 Å². The predicted octanol–water partition coefficient (Wildman–Crippen LogP) is 4.32. The molecule has 1 saturated heterocycles. The highest BCUT2D eigenvalue weighted by Crippen LogP contribution is 2.48. The molecule has 0 unspecified atom stereocenters. The monoisotopic (exact) mass is 379 g/mol. The van der Waals surface area contributed by atoms with E-state index in [2.05, 4.69) is 40.5 Å². The lowest BCUT2D eigenvalue weighted by Gasteiger charge is -2.51. The van der Waals surface area contributed by atoms with Gasteiger partial charge < -0.3 is 15.1 Å². The van der Waals surface area contributed by atoms with Crippen molar-refractivity contribution >= 4 is 5.70 Å². The third-order valence-corrected chi connectivity index (χ3v) is 6.16. The number of hydrogen-bond donors (Lipinski definition) is 1. The van der Waals surface area contributed by atoms with E-state index in [0.29, 0.717) is 5.56 Å². The standard InChI is InChI=1S/C23H26FN3O/c1-2-13-26-14-11-23(12-15-26)27-21(18-8-4-6-10-22(18)28-23)16-20(25-27)17-7-3-5-9-19(17)24/h3-10,16,21,25H,2,11-15H2,1H3/t21-/m0/s1. The van der Waals surface area contributed by atoms with Crippen LogP contribution in [0.2, 0.25) is 0 Å². The minimum Gasteiger partial charge on any atom is -0.470 e. The third kappa shape index (κ3) is 2.81. The number of nitrogens with zero attached hydrogens (tertiary/aromatic N) is 2. The first-order valence-corrected chi connectivity index (χ1v) is 10.2. The Bertz CT molecular complexity index is 904. The van der Waals surface area contributed by atoms with Gasteiger partial charge in [-0.1, -0.05) is 37.3 Å². The Morgan fingerprint density at radius 2 is 1.86 bits per heavy atom. The van der Waals surface area contributed by atoms with Gasteiger partial charge in [0, 0.05) is 37.1 Å². The Labute approximate surface area is 165 Å². The quantitative estimate of drug-likeness (QED) is 0.859. The number of nitrogens with one attached hydrogen (secondary N) is 1. The van der Waals surface area contributed by atoms with Crippen molar-refractivity contribution < 1.29 is 9.13 Å². The van der Waals surface area contributed by atoms with Crippen molar-refractivity contribution in [1.82, 2.24) is 15.3 Å². The zero-order valence-corrected chi connectivity index (χ0v) is 16.2. The van der Waals surface area contributed by atoms with Gasteiger partial charge in [0.25, 0.3) is 0 Å². The smallest absolute Gasteiger partial charge is 0.182 e. The highest BCUT2D eigenvalue weighted by molar-refractivity contribution is 5.68. The molecule has 28 heavy (non-hydrogen) atoms. The number of likely N-dealkylation sites (tertiary alicyclic amines) is 1. The van der Waals surface area contributed by atoms with Crippen LogP contribution in [0.5, 0.6) is 5.75 Å². The minimum absolute atomic E-state index is 0.0391. The van der Waals surface area contributed by atoms with E-state index in [4.69, 9.17) is 4.74 Å². The van der Waals surface area contributed by atoms with E-state index in [1.807, 2.05) is 24.3 Å². The van der Waals surface area contributed by atoms with Crippen LogP contribution < -0.4 is 10.2 Å². The zero-order chi connectivity index (χ0) is 19.1. The molecule has 1 atom stereocenters. The van der Waals surface area contributed by atoms with E-state index in [9.17, 15) is 4.39 Å². The maximum atomic E-state index is 14.4. The molecule has 3 aliphatic heterocycles.